The smallest absolute Gasteiger partial charge is 0.385 e. The summed E-state index contributed by atoms with van der Waals surface area (Å²) in [5.41, 5.74) is 0.336. The number of benzene rings is 1. The number of esters is 1. The standard InChI is InChI=1S/C8H3BrO3/c9-4-1-2-5-6(3-4)12-8(11)7(5)10/h1-3H. The van der Waals surface area contributed by atoms with Gasteiger partial charge in [-0.25, -0.2) is 4.79 Å². The highest BCUT2D eigenvalue weighted by Gasteiger charge is 2.30. The minimum atomic E-state index is -0.803. The largest absolute Gasteiger partial charge is 0.420 e. The molecule has 0 bridgehead atoms. The van der Waals surface area contributed by atoms with Crippen molar-refractivity contribution in [2.75, 3.05) is 0 Å². The molecular weight excluding hydrogens is 224 g/mol. The average Bonchev–Trinajstić information content (AvgIpc) is 2.28. The minimum absolute atomic E-state index is 0.333. The zero-order valence-electron chi connectivity index (χ0n) is 5.83. The Morgan fingerprint density at radius 3 is 2.75 bits per heavy atom. The Hall–Kier alpha value is -1.16. The van der Waals surface area contributed by atoms with Crippen LogP contribution in [-0.2, 0) is 4.79 Å². The first kappa shape index (κ1) is 7.49. The quantitative estimate of drug-likeness (QED) is 0.383. The van der Waals surface area contributed by atoms with Crippen molar-refractivity contribution in [2.45, 2.75) is 0 Å². The third-order valence-corrected chi connectivity index (χ3v) is 2.07. The first-order valence-corrected chi connectivity index (χ1v) is 4.04. The third kappa shape index (κ3) is 0.956. The topological polar surface area (TPSA) is 43.4 Å². The predicted molar refractivity (Wildman–Crippen MR) is 44.1 cm³/mol. The molecule has 0 unspecified atom stereocenters. The molecule has 0 aromatic heterocycles. The monoisotopic (exact) mass is 226 g/mol. The zero-order chi connectivity index (χ0) is 8.72. The van der Waals surface area contributed by atoms with Gasteiger partial charge in [-0.15, -0.1) is 0 Å². The van der Waals surface area contributed by atoms with Gasteiger partial charge in [0, 0.05) is 4.47 Å². The van der Waals surface area contributed by atoms with Crippen LogP contribution in [0.4, 0.5) is 0 Å². The number of carbonyl (C=O) groups excluding carboxylic acids is 2. The highest BCUT2D eigenvalue weighted by atomic mass is 79.9. The molecule has 1 aliphatic rings. The van der Waals surface area contributed by atoms with Crippen LogP contribution in [0.2, 0.25) is 0 Å². The molecule has 2 rings (SSSR count). The normalized spacial score (nSPS) is 14.4. The molecule has 0 aliphatic carbocycles. The van der Waals surface area contributed by atoms with Crippen LogP contribution in [0.15, 0.2) is 22.7 Å². The SMILES string of the molecule is O=C1Oc2cc(Br)ccc2C1=O. The lowest BCUT2D eigenvalue weighted by atomic mass is 10.1. The maximum absolute atomic E-state index is 11.0. The second kappa shape index (κ2) is 2.42. The van der Waals surface area contributed by atoms with Crippen LogP contribution in [0.1, 0.15) is 10.4 Å². The Kier molecular flexibility index (Phi) is 1.51. The number of rotatable bonds is 0. The lowest BCUT2D eigenvalue weighted by Gasteiger charge is -1.94. The van der Waals surface area contributed by atoms with E-state index in [9.17, 15) is 9.59 Å². The van der Waals surface area contributed by atoms with E-state index in [4.69, 9.17) is 0 Å². The summed E-state index contributed by atoms with van der Waals surface area (Å²) in [7, 11) is 0. The summed E-state index contributed by atoms with van der Waals surface area (Å²) in [6.45, 7) is 0. The molecule has 1 aromatic carbocycles. The first-order chi connectivity index (χ1) is 5.68. The number of hydrogen-bond acceptors (Lipinski definition) is 3. The van der Waals surface area contributed by atoms with Crippen molar-refractivity contribution >= 4 is 27.7 Å². The van der Waals surface area contributed by atoms with Gasteiger partial charge >= 0.3 is 5.97 Å². The summed E-state index contributed by atoms with van der Waals surface area (Å²) >= 11 is 3.20. The van der Waals surface area contributed by atoms with Crippen molar-refractivity contribution in [1.82, 2.24) is 0 Å². The van der Waals surface area contributed by atoms with Crippen molar-refractivity contribution < 1.29 is 14.3 Å². The molecule has 0 fully saturated rings. The van der Waals surface area contributed by atoms with Gasteiger partial charge in [-0.2, -0.15) is 0 Å². The number of carbonyl (C=O) groups is 2. The third-order valence-electron chi connectivity index (χ3n) is 1.58. The molecule has 0 saturated heterocycles. The van der Waals surface area contributed by atoms with E-state index >= 15 is 0 Å². The van der Waals surface area contributed by atoms with Crippen molar-refractivity contribution in [2.24, 2.45) is 0 Å². The van der Waals surface area contributed by atoms with Crippen LogP contribution in [0.3, 0.4) is 0 Å². The Morgan fingerprint density at radius 1 is 1.25 bits per heavy atom. The van der Waals surface area contributed by atoms with E-state index in [0.717, 1.165) is 4.47 Å². The fourth-order valence-corrected chi connectivity index (χ4v) is 1.36. The van der Waals surface area contributed by atoms with Gasteiger partial charge in [0.15, 0.2) is 0 Å². The first-order valence-electron chi connectivity index (χ1n) is 3.24. The van der Waals surface area contributed by atoms with Gasteiger partial charge in [-0.05, 0) is 18.2 Å². The van der Waals surface area contributed by atoms with E-state index in [2.05, 4.69) is 20.7 Å². The number of Topliss-reactive ketones (excluding diaryl/α,β-unsaturated/α-hetero) is 1. The van der Waals surface area contributed by atoms with Crippen molar-refractivity contribution in [3.8, 4) is 5.75 Å². The van der Waals surface area contributed by atoms with Gasteiger partial charge in [0.05, 0.1) is 5.56 Å². The van der Waals surface area contributed by atoms with E-state index in [1.165, 1.54) is 0 Å². The molecule has 12 heavy (non-hydrogen) atoms. The lowest BCUT2D eigenvalue weighted by molar-refractivity contribution is -0.128. The van der Waals surface area contributed by atoms with E-state index in [0.29, 0.717) is 11.3 Å². The number of ketones is 1. The number of ether oxygens (including phenoxy) is 1. The molecule has 3 nitrogen and oxygen atoms in total. The second-order valence-electron chi connectivity index (χ2n) is 2.36. The highest BCUT2D eigenvalue weighted by Crippen LogP contribution is 2.28. The maximum atomic E-state index is 11.0. The minimum Gasteiger partial charge on any atom is -0.420 e. The molecule has 0 radical (unpaired) electrons. The van der Waals surface area contributed by atoms with Crippen LogP contribution in [0.25, 0.3) is 0 Å². The molecule has 60 valence electrons. The predicted octanol–water partition coefficient (Wildman–Crippen LogP) is 1.55. The van der Waals surface area contributed by atoms with E-state index in [-0.39, 0.29) is 0 Å². The molecule has 0 amide bonds. The number of hydrogen-bond donors (Lipinski definition) is 0. The summed E-state index contributed by atoms with van der Waals surface area (Å²) in [4.78, 5) is 21.8. The van der Waals surface area contributed by atoms with Gasteiger partial charge in [0.2, 0.25) is 0 Å². The van der Waals surface area contributed by atoms with Gasteiger partial charge in [-0.3, -0.25) is 4.79 Å². The van der Waals surface area contributed by atoms with Crippen molar-refractivity contribution in [3.63, 3.8) is 0 Å². The molecular formula is C8H3BrO3. The second-order valence-corrected chi connectivity index (χ2v) is 3.27. The molecule has 0 N–H and O–H groups in total. The molecule has 4 heteroatoms. The van der Waals surface area contributed by atoms with Crippen LogP contribution >= 0.6 is 15.9 Å². The Morgan fingerprint density at radius 2 is 2.00 bits per heavy atom. The summed E-state index contributed by atoms with van der Waals surface area (Å²) < 4.78 is 5.46. The van der Waals surface area contributed by atoms with Gasteiger partial charge < -0.3 is 4.74 Å². The Bertz CT molecular complexity index is 384. The molecule has 0 atom stereocenters. The molecule has 0 spiro atoms. The molecule has 0 saturated carbocycles. The van der Waals surface area contributed by atoms with Crippen molar-refractivity contribution in [1.29, 1.82) is 0 Å². The molecule has 1 aliphatic heterocycles. The Labute approximate surface area is 76.5 Å². The zero-order valence-corrected chi connectivity index (χ0v) is 7.42. The van der Waals surface area contributed by atoms with E-state index in [1.54, 1.807) is 18.2 Å². The van der Waals surface area contributed by atoms with E-state index < -0.39 is 11.8 Å². The number of halogens is 1. The maximum Gasteiger partial charge on any atom is 0.385 e. The summed E-state index contributed by atoms with van der Waals surface area (Å²) in [6.07, 6.45) is 0. The lowest BCUT2D eigenvalue weighted by Crippen LogP contribution is -2.10. The highest BCUT2D eigenvalue weighted by molar-refractivity contribution is 9.10. The van der Waals surface area contributed by atoms with Crippen LogP contribution in [0, 0.1) is 0 Å². The summed E-state index contributed by atoms with van der Waals surface area (Å²) in [5.74, 6) is -1.04. The summed E-state index contributed by atoms with van der Waals surface area (Å²) in [6, 6.07) is 4.85. The molecule has 1 aromatic rings. The van der Waals surface area contributed by atoms with Gasteiger partial charge in [0.1, 0.15) is 5.75 Å². The van der Waals surface area contributed by atoms with Crippen LogP contribution in [0.5, 0.6) is 5.75 Å². The van der Waals surface area contributed by atoms with Crippen molar-refractivity contribution in [3.05, 3.63) is 28.2 Å². The fourth-order valence-electron chi connectivity index (χ4n) is 1.02. The average molecular weight is 227 g/mol. The van der Waals surface area contributed by atoms with E-state index in [1.807, 2.05) is 0 Å². The van der Waals surface area contributed by atoms with Gasteiger partial charge in [0.25, 0.3) is 5.78 Å². The number of fused-ring (bicyclic) bond motifs is 1. The Balaban J connectivity index is 2.62. The summed E-state index contributed by atoms with van der Waals surface area (Å²) in [5, 5.41) is 0. The van der Waals surface area contributed by atoms with Crippen LogP contribution in [-0.4, -0.2) is 11.8 Å². The van der Waals surface area contributed by atoms with Gasteiger partial charge in [-0.1, -0.05) is 15.9 Å². The molecule has 1 heterocycles. The fraction of sp³-hybridized carbons (Fsp3) is 0. The van der Waals surface area contributed by atoms with Crippen LogP contribution < -0.4 is 4.74 Å².